The number of carbonyl (C=O) groups is 2. The van der Waals surface area contributed by atoms with Crippen LogP contribution in [-0.4, -0.2) is 23.5 Å². The van der Waals surface area contributed by atoms with Gasteiger partial charge >= 0.3 is 0 Å². The van der Waals surface area contributed by atoms with Gasteiger partial charge < -0.3 is 5.11 Å². The van der Waals surface area contributed by atoms with Gasteiger partial charge in [-0.1, -0.05) is 6.07 Å². The summed E-state index contributed by atoms with van der Waals surface area (Å²) in [5.74, 6) is -2.19. The Kier molecular flexibility index (Phi) is 2.06. The number of fused-ring (bicyclic) bond motifs is 1. The average molecular weight is 235 g/mol. The molecule has 2 unspecified atom stereocenters. The number of hydrogen-bond donors (Lipinski definition) is 1. The molecule has 1 aromatic carbocycles. The third kappa shape index (κ3) is 1.32. The van der Waals surface area contributed by atoms with E-state index >= 15 is 0 Å². The number of amides is 2. The van der Waals surface area contributed by atoms with E-state index in [-0.39, 0.29) is 30.0 Å². The lowest BCUT2D eigenvalue weighted by Crippen LogP contribution is -2.35. The molecule has 88 valence electrons. The largest absolute Gasteiger partial charge is 0.396 e. The van der Waals surface area contributed by atoms with Gasteiger partial charge in [-0.3, -0.25) is 9.59 Å². The second-order valence-corrected chi connectivity index (χ2v) is 4.39. The van der Waals surface area contributed by atoms with Crippen molar-refractivity contribution in [3.63, 3.8) is 0 Å². The van der Waals surface area contributed by atoms with E-state index in [1.807, 2.05) is 0 Å². The second kappa shape index (κ2) is 3.37. The van der Waals surface area contributed by atoms with Crippen LogP contribution in [0.5, 0.6) is 0 Å². The van der Waals surface area contributed by atoms with Crippen molar-refractivity contribution >= 4 is 17.5 Å². The quantitative estimate of drug-likeness (QED) is 0.762. The molecule has 0 spiro atoms. The first kappa shape index (κ1) is 10.4. The first-order valence-corrected chi connectivity index (χ1v) is 5.39. The Morgan fingerprint density at radius 3 is 2.41 bits per heavy atom. The van der Waals surface area contributed by atoms with Crippen molar-refractivity contribution in [1.29, 1.82) is 0 Å². The van der Waals surface area contributed by atoms with Crippen molar-refractivity contribution in [3.8, 4) is 0 Å². The summed E-state index contributed by atoms with van der Waals surface area (Å²) in [5.41, 5.74) is 0.267. The maximum atomic E-state index is 13.0. The molecule has 1 saturated carbocycles. The van der Waals surface area contributed by atoms with Crippen LogP contribution in [0.1, 0.15) is 0 Å². The highest BCUT2D eigenvalue weighted by molar-refractivity contribution is 6.25. The number of aliphatic hydroxyl groups excluding tert-OH is 1. The molecule has 2 atom stereocenters. The molecule has 3 rings (SSSR count). The Morgan fingerprint density at radius 2 is 1.88 bits per heavy atom. The summed E-state index contributed by atoms with van der Waals surface area (Å²) in [6, 6.07) is 5.40. The number of hydrogen-bond acceptors (Lipinski definition) is 3. The van der Waals surface area contributed by atoms with Crippen molar-refractivity contribution in [3.05, 3.63) is 30.1 Å². The van der Waals surface area contributed by atoms with Crippen molar-refractivity contribution < 1.29 is 19.1 Å². The molecule has 1 heterocycles. The fourth-order valence-electron chi connectivity index (χ4n) is 2.55. The minimum absolute atomic E-state index is 0.149. The van der Waals surface area contributed by atoms with Gasteiger partial charge in [-0.05, 0) is 18.2 Å². The van der Waals surface area contributed by atoms with Crippen molar-refractivity contribution in [2.75, 3.05) is 11.5 Å². The maximum absolute atomic E-state index is 13.0. The van der Waals surface area contributed by atoms with Gasteiger partial charge in [0.15, 0.2) is 0 Å². The molecule has 2 amide bonds. The predicted octanol–water partition coefficient (Wildman–Crippen LogP) is 0.553. The highest BCUT2D eigenvalue weighted by Crippen LogP contribution is 2.53. The fraction of sp³-hybridized carbons (Fsp3) is 0.333. The van der Waals surface area contributed by atoms with E-state index in [4.69, 9.17) is 5.11 Å². The van der Waals surface area contributed by atoms with Crippen LogP contribution in [0.4, 0.5) is 10.1 Å². The van der Waals surface area contributed by atoms with E-state index in [1.165, 1.54) is 18.2 Å². The van der Waals surface area contributed by atoms with Crippen LogP contribution in [0.3, 0.4) is 0 Å². The number of aliphatic hydroxyl groups is 1. The molecular weight excluding hydrogens is 225 g/mol. The van der Waals surface area contributed by atoms with Crippen molar-refractivity contribution in [2.24, 2.45) is 17.8 Å². The standard InChI is InChI=1S/C12H10FNO3/c13-6-2-1-3-7(4-6)14-11(16)9-8(5-15)10(9)12(14)17/h1-4,8-10,15H,5H2. The Morgan fingerprint density at radius 1 is 1.24 bits per heavy atom. The van der Waals surface area contributed by atoms with Gasteiger partial charge in [0, 0.05) is 12.5 Å². The van der Waals surface area contributed by atoms with Gasteiger partial charge in [0.25, 0.3) is 0 Å². The summed E-state index contributed by atoms with van der Waals surface area (Å²) in [6.07, 6.45) is 0. The van der Waals surface area contributed by atoms with Crippen LogP contribution < -0.4 is 4.90 Å². The predicted molar refractivity (Wildman–Crippen MR) is 56.4 cm³/mol. The lowest BCUT2D eigenvalue weighted by atomic mass is 10.2. The number of imide groups is 1. The Balaban J connectivity index is 1.93. The lowest BCUT2D eigenvalue weighted by molar-refractivity contribution is -0.124. The van der Waals surface area contributed by atoms with Crippen molar-refractivity contribution in [1.82, 2.24) is 0 Å². The third-order valence-corrected chi connectivity index (χ3v) is 3.46. The highest BCUT2D eigenvalue weighted by atomic mass is 19.1. The number of benzene rings is 1. The third-order valence-electron chi connectivity index (χ3n) is 3.46. The van der Waals surface area contributed by atoms with Gasteiger partial charge in [0.1, 0.15) is 5.82 Å². The monoisotopic (exact) mass is 235 g/mol. The number of nitrogens with zero attached hydrogens (tertiary/aromatic N) is 1. The number of anilines is 1. The van der Waals surface area contributed by atoms with Crippen LogP contribution in [0.15, 0.2) is 24.3 Å². The first-order valence-electron chi connectivity index (χ1n) is 5.39. The molecule has 0 aromatic heterocycles. The summed E-state index contributed by atoms with van der Waals surface area (Å²) >= 11 is 0. The van der Waals surface area contributed by atoms with Gasteiger partial charge in [-0.25, -0.2) is 9.29 Å². The van der Waals surface area contributed by atoms with Crippen LogP contribution in [0.25, 0.3) is 0 Å². The Bertz CT molecular complexity index is 494. The van der Waals surface area contributed by atoms with Gasteiger partial charge in [-0.15, -0.1) is 0 Å². The van der Waals surface area contributed by atoms with Gasteiger partial charge in [-0.2, -0.15) is 0 Å². The van der Waals surface area contributed by atoms with Crippen LogP contribution >= 0.6 is 0 Å². The van der Waals surface area contributed by atoms with Gasteiger partial charge in [0.2, 0.25) is 11.8 Å². The molecule has 2 fully saturated rings. The number of halogens is 1. The molecule has 5 heteroatoms. The molecule has 1 saturated heterocycles. The van der Waals surface area contributed by atoms with E-state index < -0.39 is 17.7 Å². The summed E-state index contributed by atoms with van der Waals surface area (Å²) in [7, 11) is 0. The molecule has 2 aliphatic rings. The maximum Gasteiger partial charge on any atom is 0.238 e. The number of rotatable bonds is 2. The van der Waals surface area contributed by atoms with Crippen LogP contribution in [0.2, 0.25) is 0 Å². The molecule has 17 heavy (non-hydrogen) atoms. The molecule has 1 N–H and O–H groups in total. The Labute approximate surface area is 96.7 Å². The Hall–Kier alpha value is -1.75. The van der Waals surface area contributed by atoms with E-state index in [0.717, 1.165) is 11.0 Å². The SMILES string of the molecule is O=C1C2C(CO)C2C(=O)N1c1cccc(F)c1. The second-order valence-electron chi connectivity index (χ2n) is 4.39. The summed E-state index contributed by atoms with van der Waals surface area (Å²) in [5, 5.41) is 8.97. The van der Waals surface area contributed by atoms with Crippen LogP contribution in [-0.2, 0) is 9.59 Å². The van der Waals surface area contributed by atoms with E-state index in [9.17, 15) is 14.0 Å². The van der Waals surface area contributed by atoms with Crippen LogP contribution in [0, 0.1) is 23.6 Å². The molecule has 0 bridgehead atoms. The highest BCUT2D eigenvalue weighted by Gasteiger charge is 2.67. The topological polar surface area (TPSA) is 57.6 Å². The fourth-order valence-corrected chi connectivity index (χ4v) is 2.55. The normalized spacial score (nSPS) is 30.7. The number of carbonyl (C=O) groups excluding carboxylic acids is 2. The summed E-state index contributed by atoms with van der Waals surface area (Å²) < 4.78 is 13.0. The van der Waals surface area contributed by atoms with E-state index in [0.29, 0.717) is 0 Å². The average Bonchev–Trinajstić information content (AvgIpc) is 2.97. The zero-order valence-electron chi connectivity index (χ0n) is 8.84. The molecular formula is C12H10FNO3. The minimum Gasteiger partial charge on any atom is -0.396 e. The zero-order chi connectivity index (χ0) is 12.2. The number of piperidine rings is 1. The molecule has 1 aliphatic heterocycles. The smallest absolute Gasteiger partial charge is 0.238 e. The van der Waals surface area contributed by atoms with Gasteiger partial charge in [0.05, 0.1) is 17.5 Å². The van der Waals surface area contributed by atoms with E-state index in [2.05, 4.69) is 0 Å². The van der Waals surface area contributed by atoms with Crippen molar-refractivity contribution in [2.45, 2.75) is 0 Å². The summed E-state index contributed by atoms with van der Waals surface area (Å²) in [6.45, 7) is -0.149. The zero-order valence-corrected chi connectivity index (χ0v) is 8.84. The molecule has 1 aromatic rings. The summed E-state index contributed by atoms with van der Waals surface area (Å²) in [4.78, 5) is 24.8. The van der Waals surface area contributed by atoms with E-state index in [1.54, 1.807) is 0 Å². The first-order chi connectivity index (χ1) is 8.15. The minimum atomic E-state index is -0.484. The lowest BCUT2D eigenvalue weighted by Gasteiger charge is -2.17. The molecule has 4 nitrogen and oxygen atoms in total. The molecule has 0 radical (unpaired) electrons. The molecule has 1 aliphatic carbocycles.